The Morgan fingerprint density at radius 3 is 2.85 bits per heavy atom. The highest BCUT2D eigenvalue weighted by molar-refractivity contribution is 9.10. The molecular formula is C17H25BrN2. The molecule has 1 fully saturated rings. The van der Waals surface area contributed by atoms with Gasteiger partial charge in [0, 0.05) is 28.8 Å². The summed E-state index contributed by atoms with van der Waals surface area (Å²) in [6.07, 6.45) is 5.78. The molecule has 0 amide bonds. The smallest absolute Gasteiger partial charge is 0.0420 e. The van der Waals surface area contributed by atoms with E-state index in [9.17, 15) is 0 Å². The first kappa shape index (κ1) is 15.6. The van der Waals surface area contributed by atoms with Gasteiger partial charge in [-0.15, -0.1) is 6.58 Å². The van der Waals surface area contributed by atoms with E-state index in [1.165, 1.54) is 24.1 Å². The predicted molar refractivity (Wildman–Crippen MR) is 91.4 cm³/mol. The minimum absolute atomic E-state index is 0.369. The van der Waals surface area contributed by atoms with Crippen LogP contribution in [-0.4, -0.2) is 19.1 Å². The van der Waals surface area contributed by atoms with Crippen molar-refractivity contribution < 1.29 is 0 Å². The monoisotopic (exact) mass is 336 g/mol. The molecule has 1 aromatic carbocycles. The summed E-state index contributed by atoms with van der Waals surface area (Å²) in [5.41, 5.74) is 2.73. The standard InChI is InChI=1S/C17H25BrN2/c1-4-10-19-13(3)16-12-14(18)6-9-17(16)20(11-5-2)15-7-8-15/h5-6,9,12-13,15,19H,2,4,7-8,10-11H2,1,3H3. The van der Waals surface area contributed by atoms with Crippen molar-refractivity contribution in [3.05, 3.63) is 40.9 Å². The maximum Gasteiger partial charge on any atom is 0.0420 e. The molecule has 0 aliphatic heterocycles. The van der Waals surface area contributed by atoms with Crippen LogP contribution in [0.5, 0.6) is 0 Å². The number of benzene rings is 1. The lowest BCUT2D eigenvalue weighted by molar-refractivity contribution is 0.569. The maximum absolute atomic E-state index is 3.91. The summed E-state index contributed by atoms with van der Waals surface area (Å²) in [5.74, 6) is 0. The van der Waals surface area contributed by atoms with E-state index >= 15 is 0 Å². The average Bonchev–Trinajstić information content (AvgIpc) is 3.27. The molecule has 1 N–H and O–H groups in total. The van der Waals surface area contributed by atoms with Gasteiger partial charge in [-0.05, 0) is 56.5 Å². The van der Waals surface area contributed by atoms with Crippen LogP contribution in [0.1, 0.15) is 44.7 Å². The Morgan fingerprint density at radius 2 is 2.25 bits per heavy atom. The zero-order valence-corrected chi connectivity index (χ0v) is 14.1. The lowest BCUT2D eigenvalue weighted by Crippen LogP contribution is -2.29. The van der Waals surface area contributed by atoms with Crippen LogP contribution < -0.4 is 10.2 Å². The third-order valence-electron chi connectivity index (χ3n) is 3.78. The number of hydrogen-bond acceptors (Lipinski definition) is 2. The molecule has 1 saturated carbocycles. The lowest BCUT2D eigenvalue weighted by Gasteiger charge is -2.28. The van der Waals surface area contributed by atoms with E-state index in [1.807, 2.05) is 6.08 Å². The lowest BCUT2D eigenvalue weighted by atomic mass is 10.0. The van der Waals surface area contributed by atoms with Crippen LogP contribution in [0.25, 0.3) is 0 Å². The quantitative estimate of drug-likeness (QED) is 0.694. The van der Waals surface area contributed by atoms with E-state index in [0.717, 1.165) is 24.0 Å². The fourth-order valence-electron chi connectivity index (χ4n) is 2.57. The van der Waals surface area contributed by atoms with Crippen LogP contribution in [-0.2, 0) is 0 Å². The van der Waals surface area contributed by atoms with Crippen molar-refractivity contribution in [1.29, 1.82) is 0 Å². The second-order valence-corrected chi connectivity index (χ2v) is 6.47. The van der Waals surface area contributed by atoms with Crippen molar-refractivity contribution in [1.82, 2.24) is 5.32 Å². The van der Waals surface area contributed by atoms with Gasteiger partial charge >= 0.3 is 0 Å². The Bertz CT molecular complexity index is 454. The van der Waals surface area contributed by atoms with Gasteiger partial charge in [-0.2, -0.15) is 0 Å². The van der Waals surface area contributed by atoms with Gasteiger partial charge in [-0.25, -0.2) is 0 Å². The van der Waals surface area contributed by atoms with E-state index in [2.05, 4.69) is 64.8 Å². The molecule has 1 aliphatic carbocycles. The number of anilines is 1. The first-order chi connectivity index (χ1) is 9.67. The van der Waals surface area contributed by atoms with Gasteiger partial charge in [-0.1, -0.05) is 28.9 Å². The summed E-state index contributed by atoms with van der Waals surface area (Å²) in [6.45, 7) is 10.3. The van der Waals surface area contributed by atoms with Crippen molar-refractivity contribution >= 4 is 21.6 Å². The van der Waals surface area contributed by atoms with Crippen molar-refractivity contribution in [2.24, 2.45) is 0 Å². The second-order valence-electron chi connectivity index (χ2n) is 5.55. The normalized spacial score (nSPS) is 15.9. The first-order valence-electron chi connectivity index (χ1n) is 7.57. The first-order valence-corrected chi connectivity index (χ1v) is 8.37. The molecule has 2 rings (SSSR count). The van der Waals surface area contributed by atoms with Crippen LogP contribution in [0.3, 0.4) is 0 Å². The van der Waals surface area contributed by atoms with Crippen LogP contribution >= 0.6 is 15.9 Å². The van der Waals surface area contributed by atoms with Crippen LogP contribution in [0.4, 0.5) is 5.69 Å². The molecule has 0 spiro atoms. The van der Waals surface area contributed by atoms with Crippen molar-refractivity contribution in [3.8, 4) is 0 Å². The third-order valence-corrected chi connectivity index (χ3v) is 4.27. The molecule has 1 aromatic rings. The molecule has 0 heterocycles. The number of halogens is 1. The zero-order chi connectivity index (χ0) is 14.5. The summed E-state index contributed by atoms with van der Waals surface area (Å²) < 4.78 is 1.15. The number of nitrogens with zero attached hydrogens (tertiary/aromatic N) is 1. The largest absolute Gasteiger partial charge is 0.365 e. The van der Waals surface area contributed by atoms with E-state index in [1.54, 1.807) is 0 Å². The average molecular weight is 337 g/mol. The van der Waals surface area contributed by atoms with Gasteiger partial charge < -0.3 is 10.2 Å². The van der Waals surface area contributed by atoms with Crippen LogP contribution in [0.15, 0.2) is 35.3 Å². The van der Waals surface area contributed by atoms with Gasteiger partial charge in [0.05, 0.1) is 0 Å². The van der Waals surface area contributed by atoms with Gasteiger partial charge in [-0.3, -0.25) is 0 Å². The molecule has 1 unspecified atom stereocenters. The predicted octanol–water partition coefficient (Wildman–Crippen LogP) is 4.66. The van der Waals surface area contributed by atoms with Gasteiger partial charge in [0.2, 0.25) is 0 Å². The zero-order valence-electron chi connectivity index (χ0n) is 12.5. The number of hydrogen-bond donors (Lipinski definition) is 1. The summed E-state index contributed by atoms with van der Waals surface area (Å²) in [4.78, 5) is 2.50. The third kappa shape index (κ3) is 3.86. The highest BCUT2D eigenvalue weighted by Crippen LogP contribution is 2.36. The summed E-state index contributed by atoms with van der Waals surface area (Å²) in [7, 11) is 0. The van der Waals surface area contributed by atoms with Gasteiger partial charge in [0.15, 0.2) is 0 Å². The van der Waals surface area contributed by atoms with E-state index < -0.39 is 0 Å². The van der Waals surface area contributed by atoms with E-state index in [0.29, 0.717) is 12.1 Å². The number of rotatable bonds is 8. The van der Waals surface area contributed by atoms with E-state index in [4.69, 9.17) is 0 Å². The van der Waals surface area contributed by atoms with Gasteiger partial charge in [0.25, 0.3) is 0 Å². The molecule has 20 heavy (non-hydrogen) atoms. The molecular weight excluding hydrogens is 312 g/mol. The topological polar surface area (TPSA) is 15.3 Å². The Labute approximate surface area is 131 Å². The fraction of sp³-hybridized carbons (Fsp3) is 0.529. The van der Waals surface area contributed by atoms with E-state index in [-0.39, 0.29) is 0 Å². The summed E-state index contributed by atoms with van der Waals surface area (Å²) in [5, 5.41) is 3.60. The Morgan fingerprint density at radius 1 is 1.50 bits per heavy atom. The molecule has 1 aliphatic rings. The molecule has 0 radical (unpaired) electrons. The molecule has 0 saturated heterocycles. The van der Waals surface area contributed by atoms with Crippen molar-refractivity contribution in [3.63, 3.8) is 0 Å². The minimum atomic E-state index is 0.369. The molecule has 3 heteroatoms. The molecule has 1 atom stereocenters. The molecule has 2 nitrogen and oxygen atoms in total. The second kappa shape index (κ2) is 7.28. The van der Waals surface area contributed by atoms with Gasteiger partial charge in [0.1, 0.15) is 0 Å². The summed E-state index contributed by atoms with van der Waals surface area (Å²) in [6, 6.07) is 7.70. The fourth-order valence-corrected chi connectivity index (χ4v) is 2.95. The Kier molecular flexibility index (Phi) is 5.67. The Balaban J connectivity index is 2.28. The maximum atomic E-state index is 3.91. The van der Waals surface area contributed by atoms with Crippen LogP contribution in [0.2, 0.25) is 0 Å². The van der Waals surface area contributed by atoms with Crippen LogP contribution in [0, 0.1) is 0 Å². The summed E-state index contributed by atoms with van der Waals surface area (Å²) >= 11 is 3.61. The Hall–Kier alpha value is -0.800. The highest BCUT2D eigenvalue weighted by atomic mass is 79.9. The molecule has 110 valence electrons. The minimum Gasteiger partial charge on any atom is -0.365 e. The van der Waals surface area contributed by atoms with Crippen molar-refractivity contribution in [2.75, 3.05) is 18.0 Å². The molecule has 0 bridgehead atoms. The molecule has 0 aromatic heterocycles. The SMILES string of the molecule is C=CCN(c1ccc(Br)cc1C(C)NCCC)C1CC1. The number of nitrogens with one attached hydrogen (secondary N) is 1. The van der Waals surface area contributed by atoms with Crippen molar-refractivity contribution in [2.45, 2.75) is 45.2 Å². The highest BCUT2D eigenvalue weighted by Gasteiger charge is 2.30.